The second-order valence-electron chi connectivity index (χ2n) is 5.95. The highest BCUT2D eigenvalue weighted by Gasteiger charge is 2.34. The van der Waals surface area contributed by atoms with Gasteiger partial charge < -0.3 is 5.73 Å². The quantitative estimate of drug-likeness (QED) is 0.911. The summed E-state index contributed by atoms with van der Waals surface area (Å²) >= 11 is 6.39. The van der Waals surface area contributed by atoms with E-state index in [1.54, 1.807) is 0 Å². The minimum Gasteiger partial charge on any atom is -0.326 e. The summed E-state index contributed by atoms with van der Waals surface area (Å²) in [6.07, 6.45) is 0.967. The molecular weight excluding hydrogens is 256 g/mol. The molecule has 4 unspecified atom stereocenters. The van der Waals surface area contributed by atoms with Gasteiger partial charge in [0, 0.05) is 24.2 Å². The zero-order chi connectivity index (χ0) is 14.0. The Morgan fingerprint density at radius 3 is 2.37 bits per heavy atom. The van der Waals surface area contributed by atoms with E-state index in [0.29, 0.717) is 0 Å². The number of benzene rings is 1. The lowest BCUT2D eigenvalue weighted by Gasteiger charge is -2.33. The van der Waals surface area contributed by atoms with Gasteiger partial charge in [0.1, 0.15) is 0 Å². The van der Waals surface area contributed by atoms with Gasteiger partial charge in [0.05, 0.1) is 6.04 Å². The Morgan fingerprint density at radius 1 is 1.26 bits per heavy atom. The van der Waals surface area contributed by atoms with Crippen LogP contribution in [0.3, 0.4) is 0 Å². The summed E-state index contributed by atoms with van der Waals surface area (Å²) in [6.45, 7) is 9.03. The Kier molecular flexibility index (Phi) is 4.88. The average molecular weight is 281 g/mol. The lowest BCUT2D eigenvalue weighted by Crippen LogP contribution is -2.40. The molecule has 2 N–H and O–H groups in total. The summed E-state index contributed by atoms with van der Waals surface area (Å²) in [4.78, 5) is 2.52. The van der Waals surface area contributed by atoms with Gasteiger partial charge in [-0.25, -0.2) is 0 Å². The van der Waals surface area contributed by atoms with E-state index in [4.69, 9.17) is 17.3 Å². The fraction of sp³-hybridized carbons (Fsp3) is 0.625. The van der Waals surface area contributed by atoms with Crippen LogP contribution in [0.25, 0.3) is 0 Å². The molecule has 19 heavy (non-hydrogen) atoms. The molecule has 0 radical (unpaired) electrons. The van der Waals surface area contributed by atoms with Gasteiger partial charge in [-0.3, -0.25) is 4.90 Å². The molecule has 0 spiro atoms. The normalized spacial score (nSPS) is 27.4. The van der Waals surface area contributed by atoms with E-state index in [1.807, 2.05) is 12.1 Å². The number of halogens is 1. The molecule has 2 nitrogen and oxygen atoms in total. The number of nitrogens with zero attached hydrogens (tertiary/aromatic N) is 1. The molecule has 1 heterocycles. The summed E-state index contributed by atoms with van der Waals surface area (Å²) in [5, 5.41) is 0.837. The lowest BCUT2D eigenvalue weighted by atomic mass is 9.96. The molecule has 1 aliphatic rings. The van der Waals surface area contributed by atoms with Crippen LogP contribution in [0.15, 0.2) is 24.3 Å². The van der Waals surface area contributed by atoms with Crippen LogP contribution in [0.5, 0.6) is 0 Å². The maximum Gasteiger partial charge on any atom is 0.0514 e. The van der Waals surface area contributed by atoms with Crippen LogP contribution in [0, 0.1) is 11.8 Å². The van der Waals surface area contributed by atoms with Crippen LogP contribution >= 0.6 is 11.6 Å². The SMILES string of the molecule is CCC(N)C(c1ccccc1Cl)N1CC(C)C(C)C1. The zero-order valence-corrected chi connectivity index (χ0v) is 12.9. The Bertz CT molecular complexity index is 411. The van der Waals surface area contributed by atoms with E-state index in [9.17, 15) is 0 Å². The van der Waals surface area contributed by atoms with Crippen molar-refractivity contribution in [2.24, 2.45) is 17.6 Å². The highest BCUT2D eigenvalue weighted by atomic mass is 35.5. The molecular formula is C16H25ClN2. The summed E-state index contributed by atoms with van der Waals surface area (Å²) < 4.78 is 0. The zero-order valence-electron chi connectivity index (χ0n) is 12.1. The van der Waals surface area contributed by atoms with Crippen molar-refractivity contribution in [1.82, 2.24) is 4.90 Å². The summed E-state index contributed by atoms with van der Waals surface area (Å²) in [5.41, 5.74) is 7.57. The molecule has 1 aliphatic heterocycles. The predicted octanol–water partition coefficient (Wildman–Crippen LogP) is 3.71. The third-order valence-corrected chi connectivity index (χ3v) is 4.85. The first kappa shape index (κ1) is 14.8. The molecule has 106 valence electrons. The third-order valence-electron chi connectivity index (χ3n) is 4.51. The molecule has 2 rings (SSSR count). The van der Waals surface area contributed by atoms with Crippen molar-refractivity contribution in [3.63, 3.8) is 0 Å². The standard InChI is InChI=1S/C16H25ClN2/c1-4-15(18)16(13-7-5-6-8-14(13)17)19-9-11(2)12(3)10-19/h5-8,11-12,15-16H,4,9-10,18H2,1-3H3. The molecule has 3 heteroatoms. The van der Waals surface area contributed by atoms with Gasteiger partial charge in [0.25, 0.3) is 0 Å². The summed E-state index contributed by atoms with van der Waals surface area (Å²) in [7, 11) is 0. The third kappa shape index (κ3) is 3.13. The van der Waals surface area contributed by atoms with E-state index < -0.39 is 0 Å². The molecule has 1 fully saturated rings. The van der Waals surface area contributed by atoms with E-state index in [1.165, 1.54) is 5.56 Å². The Morgan fingerprint density at radius 2 is 1.84 bits per heavy atom. The molecule has 0 aliphatic carbocycles. The van der Waals surface area contributed by atoms with Crippen molar-refractivity contribution in [2.75, 3.05) is 13.1 Å². The minimum absolute atomic E-state index is 0.136. The molecule has 1 saturated heterocycles. The Labute approximate surface area is 121 Å². The van der Waals surface area contributed by atoms with E-state index in [-0.39, 0.29) is 12.1 Å². The Hall–Kier alpha value is -0.570. The fourth-order valence-electron chi connectivity index (χ4n) is 3.04. The molecule has 1 aromatic carbocycles. The van der Waals surface area contributed by atoms with Crippen LogP contribution in [0.2, 0.25) is 5.02 Å². The monoisotopic (exact) mass is 280 g/mol. The van der Waals surface area contributed by atoms with Crippen LogP contribution in [0.4, 0.5) is 0 Å². The average Bonchev–Trinajstić information content (AvgIpc) is 2.71. The smallest absolute Gasteiger partial charge is 0.0514 e. The van der Waals surface area contributed by atoms with E-state index in [0.717, 1.165) is 36.4 Å². The molecule has 0 aromatic heterocycles. The minimum atomic E-state index is 0.136. The molecule has 0 bridgehead atoms. The van der Waals surface area contributed by atoms with Crippen molar-refractivity contribution >= 4 is 11.6 Å². The topological polar surface area (TPSA) is 29.3 Å². The predicted molar refractivity (Wildman–Crippen MR) is 82.4 cm³/mol. The first-order valence-electron chi connectivity index (χ1n) is 7.28. The number of likely N-dealkylation sites (tertiary alicyclic amines) is 1. The lowest BCUT2D eigenvalue weighted by molar-refractivity contribution is 0.200. The van der Waals surface area contributed by atoms with Gasteiger partial charge in [-0.2, -0.15) is 0 Å². The Balaban J connectivity index is 2.30. The molecule has 0 saturated carbocycles. The highest BCUT2D eigenvalue weighted by Crippen LogP contribution is 2.35. The number of nitrogens with two attached hydrogens (primary N) is 1. The van der Waals surface area contributed by atoms with Gasteiger partial charge in [0.2, 0.25) is 0 Å². The van der Waals surface area contributed by atoms with Crippen molar-refractivity contribution in [2.45, 2.75) is 39.3 Å². The highest BCUT2D eigenvalue weighted by molar-refractivity contribution is 6.31. The van der Waals surface area contributed by atoms with Crippen molar-refractivity contribution in [1.29, 1.82) is 0 Å². The van der Waals surface area contributed by atoms with E-state index in [2.05, 4.69) is 37.8 Å². The first-order chi connectivity index (χ1) is 9.04. The first-order valence-corrected chi connectivity index (χ1v) is 7.66. The van der Waals surface area contributed by atoms with Gasteiger partial charge in [-0.15, -0.1) is 0 Å². The second kappa shape index (κ2) is 6.25. The summed E-state index contributed by atoms with van der Waals surface area (Å²) in [6, 6.07) is 8.50. The van der Waals surface area contributed by atoms with Crippen LogP contribution in [-0.4, -0.2) is 24.0 Å². The van der Waals surface area contributed by atoms with Crippen LogP contribution < -0.4 is 5.73 Å². The summed E-state index contributed by atoms with van der Waals surface area (Å²) in [5.74, 6) is 1.46. The molecule has 1 aromatic rings. The van der Waals surface area contributed by atoms with Crippen LogP contribution in [-0.2, 0) is 0 Å². The molecule has 4 atom stereocenters. The van der Waals surface area contributed by atoms with Crippen LogP contribution in [0.1, 0.15) is 38.8 Å². The van der Waals surface area contributed by atoms with E-state index >= 15 is 0 Å². The van der Waals surface area contributed by atoms with Gasteiger partial charge in [-0.05, 0) is 29.9 Å². The number of hydrogen-bond acceptors (Lipinski definition) is 2. The molecule has 0 amide bonds. The second-order valence-corrected chi connectivity index (χ2v) is 6.35. The number of hydrogen-bond donors (Lipinski definition) is 1. The van der Waals surface area contributed by atoms with Gasteiger partial charge >= 0.3 is 0 Å². The largest absolute Gasteiger partial charge is 0.326 e. The number of rotatable bonds is 4. The van der Waals surface area contributed by atoms with Gasteiger partial charge in [-0.1, -0.05) is 50.6 Å². The maximum atomic E-state index is 6.39. The van der Waals surface area contributed by atoms with Gasteiger partial charge in [0.15, 0.2) is 0 Å². The van der Waals surface area contributed by atoms with Crippen molar-refractivity contribution in [3.05, 3.63) is 34.9 Å². The fourth-order valence-corrected chi connectivity index (χ4v) is 3.29. The maximum absolute atomic E-state index is 6.39. The van der Waals surface area contributed by atoms with Crippen molar-refractivity contribution < 1.29 is 0 Å². The van der Waals surface area contributed by atoms with Crippen molar-refractivity contribution in [3.8, 4) is 0 Å².